The lowest BCUT2D eigenvalue weighted by Gasteiger charge is -2.16. The van der Waals surface area contributed by atoms with Crippen molar-refractivity contribution in [1.82, 2.24) is 5.32 Å². The second kappa shape index (κ2) is 11.5. The number of ether oxygens (including phenoxy) is 2. The van der Waals surface area contributed by atoms with E-state index in [9.17, 15) is 4.39 Å². The Morgan fingerprint density at radius 2 is 1.96 bits per heavy atom. The van der Waals surface area contributed by atoms with Gasteiger partial charge in [0.05, 0.1) is 16.1 Å². The molecule has 0 amide bonds. The summed E-state index contributed by atoms with van der Waals surface area (Å²) in [6, 6.07) is 8.55. The third-order valence-corrected chi connectivity index (χ3v) is 5.02. The standard InChI is InChI=1S/C21H26BrClFNO2/c1-3-5-6-10-25-13-15-11-17(22)21(20(12-15)26-4-2)27-14-16-18(23)8-7-9-19(16)24/h7-9,11-12,25H,3-6,10,13-14H2,1-2H3. The molecule has 0 radical (unpaired) electrons. The summed E-state index contributed by atoms with van der Waals surface area (Å²) in [6.07, 6.45) is 3.60. The second-order valence-corrected chi connectivity index (χ2v) is 7.47. The smallest absolute Gasteiger partial charge is 0.175 e. The first kappa shape index (κ1) is 22.0. The molecule has 0 atom stereocenters. The summed E-state index contributed by atoms with van der Waals surface area (Å²) in [5, 5.41) is 3.79. The minimum atomic E-state index is -0.385. The Bertz CT molecular complexity index is 722. The van der Waals surface area contributed by atoms with E-state index in [0.29, 0.717) is 28.7 Å². The van der Waals surface area contributed by atoms with Gasteiger partial charge in [0.2, 0.25) is 0 Å². The molecule has 3 nitrogen and oxygen atoms in total. The zero-order valence-corrected chi connectivity index (χ0v) is 18.1. The van der Waals surface area contributed by atoms with Gasteiger partial charge in [-0.3, -0.25) is 0 Å². The SMILES string of the molecule is CCCCCNCc1cc(Br)c(OCc2c(F)cccc2Cl)c(OCC)c1. The number of hydrogen-bond donors (Lipinski definition) is 1. The van der Waals surface area contributed by atoms with Crippen LogP contribution in [0.2, 0.25) is 5.02 Å². The summed E-state index contributed by atoms with van der Waals surface area (Å²) in [6.45, 7) is 6.39. The summed E-state index contributed by atoms with van der Waals surface area (Å²) in [7, 11) is 0. The second-order valence-electron chi connectivity index (χ2n) is 6.21. The van der Waals surface area contributed by atoms with Crippen LogP contribution in [0.4, 0.5) is 4.39 Å². The molecule has 0 heterocycles. The fourth-order valence-corrected chi connectivity index (χ4v) is 3.50. The van der Waals surface area contributed by atoms with E-state index in [4.69, 9.17) is 21.1 Å². The van der Waals surface area contributed by atoms with Gasteiger partial charge in [0, 0.05) is 12.1 Å². The predicted molar refractivity (Wildman–Crippen MR) is 112 cm³/mol. The normalized spacial score (nSPS) is 10.9. The van der Waals surface area contributed by atoms with Crippen LogP contribution in [0.5, 0.6) is 11.5 Å². The van der Waals surface area contributed by atoms with Gasteiger partial charge in [-0.25, -0.2) is 4.39 Å². The molecule has 0 aliphatic rings. The highest BCUT2D eigenvalue weighted by Gasteiger charge is 2.15. The van der Waals surface area contributed by atoms with E-state index >= 15 is 0 Å². The summed E-state index contributed by atoms with van der Waals surface area (Å²) in [4.78, 5) is 0. The van der Waals surface area contributed by atoms with Crippen molar-refractivity contribution in [2.24, 2.45) is 0 Å². The highest BCUT2D eigenvalue weighted by molar-refractivity contribution is 9.10. The Morgan fingerprint density at radius 1 is 1.15 bits per heavy atom. The number of hydrogen-bond acceptors (Lipinski definition) is 3. The molecule has 0 aromatic heterocycles. The lowest BCUT2D eigenvalue weighted by Crippen LogP contribution is -2.15. The van der Waals surface area contributed by atoms with E-state index < -0.39 is 0 Å². The molecule has 0 spiro atoms. The van der Waals surface area contributed by atoms with Gasteiger partial charge >= 0.3 is 0 Å². The topological polar surface area (TPSA) is 30.5 Å². The van der Waals surface area contributed by atoms with Crippen LogP contribution in [0.1, 0.15) is 44.2 Å². The quantitative estimate of drug-likeness (QED) is 0.390. The maximum Gasteiger partial charge on any atom is 0.175 e. The number of benzene rings is 2. The summed E-state index contributed by atoms with van der Waals surface area (Å²) in [5.41, 5.74) is 1.42. The van der Waals surface area contributed by atoms with Crippen molar-refractivity contribution in [2.75, 3.05) is 13.2 Å². The van der Waals surface area contributed by atoms with Crippen molar-refractivity contribution >= 4 is 27.5 Å². The van der Waals surface area contributed by atoms with Crippen LogP contribution in [0, 0.1) is 5.82 Å². The van der Waals surface area contributed by atoms with Crippen LogP contribution in [0.15, 0.2) is 34.8 Å². The van der Waals surface area contributed by atoms with Gasteiger partial charge < -0.3 is 14.8 Å². The van der Waals surface area contributed by atoms with Crippen molar-refractivity contribution in [2.45, 2.75) is 46.3 Å². The molecule has 0 bridgehead atoms. The molecule has 0 aliphatic carbocycles. The molecular formula is C21H26BrClFNO2. The maximum absolute atomic E-state index is 14.0. The van der Waals surface area contributed by atoms with E-state index in [-0.39, 0.29) is 12.4 Å². The van der Waals surface area contributed by atoms with Crippen molar-refractivity contribution in [1.29, 1.82) is 0 Å². The van der Waals surface area contributed by atoms with Gasteiger partial charge in [-0.05, 0) is 65.6 Å². The van der Waals surface area contributed by atoms with Gasteiger partial charge in [0.15, 0.2) is 11.5 Å². The van der Waals surface area contributed by atoms with Gasteiger partial charge in [-0.2, -0.15) is 0 Å². The molecule has 0 unspecified atom stereocenters. The number of rotatable bonds is 11. The molecule has 0 saturated heterocycles. The first-order chi connectivity index (χ1) is 13.1. The lowest BCUT2D eigenvalue weighted by atomic mass is 10.2. The van der Waals surface area contributed by atoms with Crippen molar-refractivity contribution < 1.29 is 13.9 Å². The molecule has 148 valence electrons. The number of nitrogens with one attached hydrogen (secondary N) is 1. The van der Waals surface area contributed by atoms with Crippen molar-refractivity contribution in [3.8, 4) is 11.5 Å². The third-order valence-electron chi connectivity index (χ3n) is 4.08. The Labute approximate surface area is 174 Å². The molecular weight excluding hydrogens is 433 g/mol. The molecule has 0 saturated carbocycles. The molecule has 0 fully saturated rings. The largest absolute Gasteiger partial charge is 0.490 e. The molecule has 2 aromatic carbocycles. The number of halogens is 3. The minimum absolute atomic E-state index is 0.0266. The summed E-state index contributed by atoms with van der Waals surface area (Å²) < 4.78 is 26.4. The summed E-state index contributed by atoms with van der Waals surface area (Å²) >= 11 is 9.64. The van der Waals surface area contributed by atoms with Crippen LogP contribution in [-0.2, 0) is 13.2 Å². The van der Waals surface area contributed by atoms with Crippen LogP contribution in [-0.4, -0.2) is 13.2 Å². The zero-order chi connectivity index (χ0) is 19.6. The van der Waals surface area contributed by atoms with Gasteiger partial charge in [0.25, 0.3) is 0 Å². The average Bonchev–Trinajstić information content (AvgIpc) is 2.63. The first-order valence-electron chi connectivity index (χ1n) is 9.28. The monoisotopic (exact) mass is 457 g/mol. The van der Waals surface area contributed by atoms with E-state index in [1.54, 1.807) is 12.1 Å². The highest BCUT2D eigenvalue weighted by atomic mass is 79.9. The zero-order valence-electron chi connectivity index (χ0n) is 15.8. The Hall–Kier alpha value is -1.30. The lowest BCUT2D eigenvalue weighted by molar-refractivity contribution is 0.264. The number of unbranched alkanes of at least 4 members (excludes halogenated alkanes) is 2. The third kappa shape index (κ3) is 6.66. The van der Waals surface area contributed by atoms with E-state index in [1.165, 1.54) is 25.3 Å². The van der Waals surface area contributed by atoms with E-state index in [1.807, 2.05) is 19.1 Å². The highest BCUT2D eigenvalue weighted by Crippen LogP contribution is 2.38. The average molecular weight is 459 g/mol. The Morgan fingerprint density at radius 3 is 2.67 bits per heavy atom. The fourth-order valence-electron chi connectivity index (χ4n) is 2.67. The van der Waals surface area contributed by atoms with Crippen LogP contribution in [0.25, 0.3) is 0 Å². The first-order valence-corrected chi connectivity index (χ1v) is 10.5. The molecule has 2 rings (SSSR count). The predicted octanol–water partition coefficient (Wildman–Crippen LogP) is 6.50. The maximum atomic E-state index is 14.0. The molecule has 2 aromatic rings. The fraction of sp³-hybridized carbons (Fsp3) is 0.429. The molecule has 0 aliphatic heterocycles. The van der Waals surface area contributed by atoms with Gasteiger partial charge in [0.1, 0.15) is 12.4 Å². The van der Waals surface area contributed by atoms with Gasteiger partial charge in [-0.15, -0.1) is 0 Å². The Balaban J connectivity index is 2.10. The van der Waals surface area contributed by atoms with E-state index in [0.717, 1.165) is 23.1 Å². The summed E-state index contributed by atoms with van der Waals surface area (Å²) in [5.74, 6) is 0.792. The van der Waals surface area contributed by atoms with Crippen LogP contribution >= 0.6 is 27.5 Å². The molecule has 1 N–H and O–H groups in total. The van der Waals surface area contributed by atoms with Crippen molar-refractivity contribution in [3.63, 3.8) is 0 Å². The van der Waals surface area contributed by atoms with E-state index in [2.05, 4.69) is 28.2 Å². The molecule has 27 heavy (non-hydrogen) atoms. The van der Waals surface area contributed by atoms with Crippen LogP contribution < -0.4 is 14.8 Å². The van der Waals surface area contributed by atoms with Crippen LogP contribution in [0.3, 0.4) is 0 Å². The minimum Gasteiger partial charge on any atom is -0.490 e. The molecule has 6 heteroatoms. The van der Waals surface area contributed by atoms with Gasteiger partial charge in [-0.1, -0.05) is 37.4 Å². The Kier molecular flexibility index (Phi) is 9.39. The van der Waals surface area contributed by atoms with Crippen molar-refractivity contribution in [3.05, 3.63) is 56.8 Å².